The fourth-order valence-corrected chi connectivity index (χ4v) is 2.62. The number of fused-ring (bicyclic) bond motifs is 1. The minimum atomic E-state index is 0.229. The highest BCUT2D eigenvalue weighted by Crippen LogP contribution is 2.16. The summed E-state index contributed by atoms with van der Waals surface area (Å²) in [4.78, 5) is 16.7. The van der Waals surface area contributed by atoms with Crippen molar-refractivity contribution in [2.24, 2.45) is 0 Å². The Morgan fingerprint density at radius 1 is 1.35 bits per heavy atom. The smallest absolute Gasteiger partial charge is 0.141 e. The van der Waals surface area contributed by atoms with Crippen LogP contribution in [-0.2, 0) is 17.8 Å². The van der Waals surface area contributed by atoms with E-state index in [2.05, 4.69) is 34.8 Å². The van der Waals surface area contributed by atoms with Gasteiger partial charge in [-0.3, -0.25) is 4.79 Å². The van der Waals surface area contributed by atoms with Gasteiger partial charge in [-0.15, -0.1) is 0 Å². The maximum absolute atomic E-state index is 12.1. The third kappa shape index (κ3) is 3.25. The molecular weight excluding hydrogens is 250 g/mol. The van der Waals surface area contributed by atoms with Crippen molar-refractivity contribution in [3.05, 3.63) is 30.1 Å². The molecule has 0 radical (unpaired) electrons. The molecule has 0 saturated carbocycles. The lowest BCUT2D eigenvalue weighted by atomic mass is 10.1. The Kier molecular flexibility index (Phi) is 4.90. The molecule has 0 aliphatic heterocycles. The van der Waals surface area contributed by atoms with E-state index in [4.69, 9.17) is 0 Å². The first-order valence-corrected chi connectivity index (χ1v) is 7.34. The minimum absolute atomic E-state index is 0.229. The zero-order chi connectivity index (χ0) is 14.5. The van der Waals surface area contributed by atoms with E-state index in [-0.39, 0.29) is 11.8 Å². The normalized spacial score (nSPS) is 12.8. The van der Waals surface area contributed by atoms with Gasteiger partial charge in [0.05, 0.1) is 17.5 Å². The summed E-state index contributed by atoms with van der Waals surface area (Å²) in [5.74, 6) is 1.12. The van der Waals surface area contributed by atoms with Gasteiger partial charge in [0.1, 0.15) is 11.6 Å². The summed E-state index contributed by atoms with van der Waals surface area (Å²) in [6.45, 7) is 7.92. The molecule has 108 valence electrons. The third-order valence-corrected chi connectivity index (χ3v) is 3.49. The number of aromatic nitrogens is 2. The molecule has 0 saturated heterocycles. The Hall–Kier alpha value is -1.68. The van der Waals surface area contributed by atoms with E-state index in [1.54, 1.807) is 0 Å². The van der Waals surface area contributed by atoms with Gasteiger partial charge < -0.3 is 9.88 Å². The molecule has 1 atom stereocenters. The summed E-state index contributed by atoms with van der Waals surface area (Å²) < 4.78 is 2.13. The molecular formula is C16H23N3O. The van der Waals surface area contributed by atoms with E-state index in [9.17, 15) is 4.79 Å². The van der Waals surface area contributed by atoms with Crippen LogP contribution in [0.1, 0.15) is 33.0 Å². The summed E-state index contributed by atoms with van der Waals surface area (Å²) in [6, 6.07) is 8.27. The maximum Gasteiger partial charge on any atom is 0.141 e. The second kappa shape index (κ2) is 6.66. The molecule has 4 heteroatoms. The van der Waals surface area contributed by atoms with Gasteiger partial charge in [0.15, 0.2) is 0 Å². The highest BCUT2D eigenvalue weighted by atomic mass is 16.1. The molecule has 1 aromatic carbocycles. The largest absolute Gasteiger partial charge is 0.328 e. The van der Waals surface area contributed by atoms with Crippen LogP contribution in [0, 0.1) is 0 Å². The van der Waals surface area contributed by atoms with Crippen LogP contribution >= 0.6 is 0 Å². The number of imidazole rings is 1. The number of benzene rings is 1. The van der Waals surface area contributed by atoms with Crippen molar-refractivity contribution in [3.8, 4) is 0 Å². The Morgan fingerprint density at radius 3 is 2.80 bits per heavy atom. The molecule has 0 fully saturated rings. The molecule has 1 N–H and O–H groups in total. The van der Waals surface area contributed by atoms with Crippen molar-refractivity contribution in [2.45, 2.75) is 46.2 Å². The maximum atomic E-state index is 12.1. The minimum Gasteiger partial charge on any atom is -0.328 e. The van der Waals surface area contributed by atoms with Crippen LogP contribution in [0.15, 0.2) is 24.3 Å². The second-order valence-corrected chi connectivity index (χ2v) is 5.14. The number of hydrogen-bond acceptors (Lipinski definition) is 3. The van der Waals surface area contributed by atoms with Crippen LogP contribution in [0.3, 0.4) is 0 Å². The summed E-state index contributed by atoms with van der Waals surface area (Å²) in [5, 5.41) is 3.27. The number of hydrogen-bond donors (Lipinski definition) is 1. The van der Waals surface area contributed by atoms with Gasteiger partial charge in [0.2, 0.25) is 0 Å². The number of ketones is 1. The van der Waals surface area contributed by atoms with E-state index in [1.165, 1.54) is 0 Å². The summed E-state index contributed by atoms with van der Waals surface area (Å²) in [5.41, 5.74) is 2.08. The van der Waals surface area contributed by atoms with E-state index < -0.39 is 0 Å². The molecule has 0 aliphatic rings. The molecule has 2 aromatic rings. The number of nitrogens with zero attached hydrogens (tertiary/aromatic N) is 2. The average molecular weight is 273 g/mol. The number of aryl methyl sites for hydroxylation is 1. The Balaban J connectivity index is 2.15. The van der Waals surface area contributed by atoms with Crippen molar-refractivity contribution in [3.63, 3.8) is 0 Å². The highest BCUT2D eigenvalue weighted by molar-refractivity contribution is 5.83. The molecule has 0 spiro atoms. The second-order valence-electron chi connectivity index (χ2n) is 5.14. The lowest BCUT2D eigenvalue weighted by Gasteiger charge is -2.11. The zero-order valence-electron chi connectivity index (χ0n) is 12.5. The first-order valence-electron chi connectivity index (χ1n) is 7.34. The van der Waals surface area contributed by atoms with Crippen LogP contribution in [0.2, 0.25) is 0 Å². The van der Waals surface area contributed by atoms with Crippen LogP contribution in [0.4, 0.5) is 0 Å². The number of para-hydroxylation sites is 2. The van der Waals surface area contributed by atoms with Crippen molar-refractivity contribution in [2.75, 3.05) is 6.54 Å². The summed E-state index contributed by atoms with van der Waals surface area (Å²) in [6.07, 6.45) is 0.971. The average Bonchev–Trinajstić information content (AvgIpc) is 2.75. The van der Waals surface area contributed by atoms with Gasteiger partial charge in [0.25, 0.3) is 0 Å². The predicted molar refractivity (Wildman–Crippen MR) is 81.9 cm³/mol. The van der Waals surface area contributed by atoms with Crippen molar-refractivity contribution >= 4 is 16.8 Å². The van der Waals surface area contributed by atoms with Crippen molar-refractivity contribution in [1.82, 2.24) is 14.9 Å². The molecule has 1 heterocycles. The van der Waals surface area contributed by atoms with Crippen LogP contribution < -0.4 is 5.32 Å². The summed E-state index contributed by atoms with van der Waals surface area (Å²) in [7, 11) is 0. The van der Waals surface area contributed by atoms with Gasteiger partial charge in [-0.25, -0.2) is 4.98 Å². The van der Waals surface area contributed by atoms with Gasteiger partial charge in [-0.1, -0.05) is 19.1 Å². The Morgan fingerprint density at radius 2 is 2.10 bits per heavy atom. The van der Waals surface area contributed by atoms with Gasteiger partial charge >= 0.3 is 0 Å². The molecule has 20 heavy (non-hydrogen) atoms. The first-order chi connectivity index (χ1) is 9.65. The monoisotopic (exact) mass is 273 g/mol. The van der Waals surface area contributed by atoms with Gasteiger partial charge in [-0.05, 0) is 32.5 Å². The van der Waals surface area contributed by atoms with E-state index in [0.29, 0.717) is 12.8 Å². The number of nitrogens with one attached hydrogen (secondary N) is 1. The third-order valence-electron chi connectivity index (χ3n) is 3.49. The topological polar surface area (TPSA) is 46.9 Å². The standard InChI is InChI=1S/C16H23N3O/c1-4-17-12(3)10-13(20)11-16-18-14-8-6-7-9-15(14)19(16)5-2/h6-9,12,17H,4-5,10-11H2,1-3H3. The molecule has 0 amide bonds. The lowest BCUT2D eigenvalue weighted by molar-refractivity contribution is -0.118. The fraction of sp³-hybridized carbons (Fsp3) is 0.500. The SMILES string of the molecule is CCNC(C)CC(=O)Cc1nc2ccccc2n1CC. The molecule has 0 aliphatic carbocycles. The number of carbonyl (C=O) groups excluding carboxylic acids is 1. The van der Waals surface area contributed by atoms with Crippen molar-refractivity contribution < 1.29 is 4.79 Å². The Bertz CT molecular complexity index is 588. The number of Topliss-reactive ketones (excluding diaryl/α,β-unsaturated/α-hetero) is 1. The van der Waals surface area contributed by atoms with Crippen LogP contribution in [-0.4, -0.2) is 27.9 Å². The number of carbonyl (C=O) groups is 1. The van der Waals surface area contributed by atoms with E-state index in [0.717, 1.165) is 29.9 Å². The zero-order valence-corrected chi connectivity index (χ0v) is 12.5. The Labute approximate surface area is 120 Å². The molecule has 1 aromatic heterocycles. The molecule has 1 unspecified atom stereocenters. The van der Waals surface area contributed by atoms with Gasteiger partial charge in [0, 0.05) is 19.0 Å². The lowest BCUT2D eigenvalue weighted by Crippen LogP contribution is -2.28. The van der Waals surface area contributed by atoms with Crippen LogP contribution in [0.5, 0.6) is 0 Å². The molecule has 4 nitrogen and oxygen atoms in total. The van der Waals surface area contributed by atoms with E-state index >= 15 is 0 Å². The van der Waals surface area contributed by atoms with Crippen LogP contribution in [0.25, 0.3) is 11.0 Å². The molecule has 2 rings (SSSR count). The predicted octanol–water partition coefficient (Wildman–Crippen LogP) is 2.56. The quantitative estimate of drug-likeness (QED) is 0.843. The van der Waals surface area contributed by atoms with Crippen molar-refractivity contribution in [1.29, 1.82) is 0 Å². The fourth-order valence-electron chi connectivity index (χ4n) is 2.62. The van der Waals surface area contributed by atoms with E-state index in [1.807, 2.05) is 25.1 Å². The molecule has 0 bridgehead atoms. The van der Waals surface area contributed by atoms with Gasteiger partial charge in [-0.2, -0.15) is 0 Å². The number of rotatable bonds is 7. The summed E-state index contributed by atoms with van der Waals surface area (Å²) >= 11 is 0. The first kappa shape index (κ1) is 14.7. The highest BCUT2D eigenvalue weighted by Gasteiger charge is 2.14.